The highest BCUT2D eigenvalue weighted by atomic mass is 16.4. The number of rotatable bonds is 6. The van der Waals surface area contributed by atoms with Crippen LogP contribution >= 0.6 is 0 Å². The minimum Gasteiger partial charge on any atom is -0.409 e. The average molecular weight is 202 g/mol. The van der Waals surface area contributed by atoms with E-state index in [1.165, 1.54) is 0 Å². The fraction of sp³-hybridized carbons (Fsp3) is 0.750. The molecular weight excluding hydrogens is 184 g/mol. The van der Waals surface area contributed by atoms with Gasteiger partial charge in [0.05, 0.1) is 5.41 Å². The Morgan fingerprint density at radius 3 is 2.50 bits per heavy atom. The molecule has 0 unspecified atom stereocenters. The molecule has 0 fully saturated rings. The first-order chi connectivity index (χ1) is 6.40. The molecule has 14 heavy (non-hydrogen) atoms. The van der Waals surface area contributed by atoms with E-state index in [4.69, 9.17) is 16.7 Å². The molecule has 0 bridgehead atoms. The van der Waals surface area contributed by atoms with Crippen LogP contribution < -0.4 is 16.8 Å². The molecule has 6 nitrogen and oxygen atoms in total. The summed E-state index contributed by atoms with van der Waals surface area (Å²) < 4.78 is 0. The van der Waals surface area contributed by atoms with E-state index in [0.717, 1.165) is 0 Å². The zero-order chi connectivity index (χ0) is 11.2. The summed E-state index contributed by atoms with van der Waals surface area (Å²) >= 11 is 0. The van der Waals surface area contributed by atoms with Gasteiger partial charge >= 0.3 is 0 Å². The summed E-state index contributed by atoms with van der Waals surface area (Å²) in [6.45, 7) is 4.53. The Morgan fingerprint density at radius 1 is 1.50 bits per heavy atom. The van der Waals surface area contributed by atoms with Crippen molar-refractivity contribution in [1.29, 1.82) is 0 Å². The Labute approximate surface area is 83.3 Å². The predicted molar refractivity (Wildman–Crippen MR) is 53.9 cm³/mol. The Bertz CT molecular complexity index is 225. The predicted octanol–water partition coefficient (Wildman–Crippen LogP) is -0.776. The van der Waals surface area contributed by atoms with Crippen LogP contribution in [0.25, 0.3) is 0 Å². The number of primary amides is 1. The van der Waals surface area contributed by atoms with Crippen LogP contribution in [0.2, 0.25) is 0 Å². The summed E-state index contributed by atoms with van der Waals surface area (Å²) in [7, 11) is 0. The van der Waals surface area contributed by atoms with Crippen LogP contribution in [-0.2, 0) is 4.79 Å². The quantitative estimate of drug-likeness (QED) is 0.149. The van der Waals surface area contributed by atoms with Crippen molar-refractivity contribution in [2.75, 3.05) is 13.1 Å². The van der Waals surface area contributed by atoms with Crippen LogP contribution in [0.5, 0.6) is 0 Å². The van der Waals surface area contributed by atoms with Gasteiger partial charge in [-0.3, -0.25) is 4.79 Å². The summed E-state index contributed by atoms with van der Waals surface area (Å²) in [6, 6.07) is 0. The van der Waals surface area contributed by atoms with Gasteiger partial charge in [0, 0.05) is 19.5 Å². The Hall–Kier alpha value is -1.30. The van der Waals surface area contributed by atoms with Crippen molar-refractivity contribution in [3.8, 4) is 0 Å². The molecule has 0 saturated heterocycles. The second kappa shape index (κ2) is 5.43. The van der Waals surface area contributed by atoms with Crippen molar-refractivity contribution < 1.29 is 10.0 Å². The third kappa shape index (κ3) is 4.66. The summed E-state index contributed by atoms with van der Waals surface area (Å²) in [4.78, 5) is 10.9. The largest absolute Gasteiger partial charge is 0.409 e. The number of hydrogen-bond acceptors (Lipinski definition) is 4. The maximum Gasteiger partial charge on any atom is 0.224 e. The average Bonchev–Trinajstić information content (AvgIpc) is 2.11. The smallest absolute Gasteiger partial charge is 0.224 e. The van der Waals surface area contributed by atoms with Crippen LogP contribution in [0.1, 0.15) is 20.3 Å². The molecule has 0 aliphatic heterocycles. The molecule has 0 aliphatic rings. The van der Waals surface area contributed by atoms with Crippen molar-refractivity contribution in [2.24, 2.45) is 22.0 Å². The standard InChI is InChI=1S/C8H18N4O2/c1-8(2,7(10)13)5-11-4-3-6(9)12-14/h11,14H,3-5H2,1-2H3,(H2,9,12)(H2,10,13). The molecule has 0 rings (SSSR count). The zero-order valence-electron chi connectivity index (χ0n) is 8.58. The lowest BCUT2D eigenvalue weighted by Gasteiger charge is -2.20. The van der Waals surface area contributed by atoms with E-state index >= 15 is 0 Å². The topological polar surface area (TPSA) is 114 Å². The van der Waals surface area contributed by atoms with E-state index in [1.54, 1.807) is 13.8 Å². The second-order valence-corrected chi connectivity index (χ2v) is 3.77. The van der Waals surface area contributed by atoms with E-state index in [0.29, 0.717) is 19.5 Å². The van der Waals surface area contributed by atoms with Gasteiger partial charge in [-0.1, -0.05) is 5.16 Å². The van der Waals surface area contributed by atoms with E-state index in [2.05, 4.69) is 10.5 Å². The number of nitrogens with one attached hydrogen (secondary N) is 1. The Kier molecular flexibility index (Phi) is 4.93. The van der Waals surface area contributed by atoms with Gasteiger partial charge in [0.2, 0.25) is 5.91 Å². The van der Waals surface area contributed by atoms with Gasteiger partial charge in [0.25, 0.3) is 0 Å². The first-order valence-corrected chi connectivity index (χ1v) is 4.37. The number of oxime groups is 1. The van der Waals surface area contributed by atoms with Crippen LogP contribution in [0, 0.1) is 5.41 Å². The maximum absolute atomic E-state index is 10.9. The van der Waals surface area contributed by atoms with Crippen molar-refractivity contribution in [2.45, 2.75) is 20.3 Å². The third-order valence-electron chi connectivity index (χ3n) is 1.92. The molecule has 0 aromatic carbocycles. The van der Waals surface area contributed by atoms with Crippen LogP contribution in [0.15, 0.2) is 5.16 Å². The molecule has 0 heterocycles. The van der Waals surface area contributed by atoms with Gasteiger partial charge in [0.15, 0.2) is 0 Å². The van der Waals surface area contributed by atoms with Crippen molar-refractivity contribution in [3.63, 3.8) is 0 Å². The zero-order valence-corrected chi connectivity index (χ0v) is 8.58. The molecule has 1 amide bonds. The molecule has 0 aromatic heterocycles. The van der Waals surface area contributed by atoms with Crippen molar-refractivity contribution >= 4 is 11.7 Å². The highest BCUT2D eigenvalue weighted by Gasteiger charge is 2.23. The van der Waals surface area contributed by atoms with Gasteiger partial charge in [-0.05, 0) is 13.8 Å². The van der Waals surface area contributed by atoms with Crippen molar-refractivity contribution in [3.05, 3.63) is 0 Å². The minimum atomic E-state index is -0.578. The second-order valence-electron chi connectivity index (χ2n) is 3.77. The van der Waals surface area contributed by atoms with Gasteiger partial charge in [-0.25, -0.2) is 0 Å². The molecule has 0 spiro atoms. The lowest BCUT2D eigenvalue weighted by molar-refractivity contribution is -0.125. The lowest BCUT2D eigenvalue weighted by Crippen LogP contribution is -2.41. The molecule has 0 aromatic rings. The first kappa shape index (κ1) is 12.7. The monoisotopic (exact) mass is 202 g/mol. The highest BCUT2D eigenvalue weighted by Crippen LogP contribution is 2.11. The Morgan fingerprint density at radius 2 is 2.07 bits per heavy atom. The summed E-state index contributed by atoms with van der Waals surface area (Å²) in [5.74, 6) is -0.192. The summed E-state index contributed by atoms with van der Waals surface area (Å²) in [5, 5.41) is 14.1. The molecule has 82 valence electrons. The number of nitrogens with two attached hydrogens (primary N) is 2. The molecular formula is C8H18N4O2. The SMILES string of the molecule is CC(C)(CNCCC(N)=NO)C(N)=O. The molecule has 0 aliphatic carbocycles. The Balaban J connectivity index is 3.70. The van der Waals surface area contributed by atoms with Gasteiger partial charge in [-0.15, -0.1) is 0 Å². The van der Waals surface area contributed by atoms with Crippen molar-refractivity contribution in [1.82, 2.24) is 5.32 Å². The van der Waals surface area contributed by atoms with Crippen LogP contribution in [0.4, 0.5) is 0 Å². The molecule has 0 saturated carbocycles. The minimum absolute atomic E-state index is 0.161. The molecule has 6 N–H and O–H groups in total. The normalized spacial score (nSPS) is 12.9. The summed E-state index contributed by atoms with van der Waals surface area (Å²) in [6.07, 6.45) is 0.436. The number of amides is 1. The van der Waals surface area contributed by atoms with Crippen LogP contribution in [-0.4, -0.2) is 30.0 Å². The molecule has 6 heteroatoms. The van der Waals surface area contributed by atoms with E-state index in [9.17, 15) is 4.79 Å². The van der Waals surface area contributed by atoms with Gasteiger partial charge in [-0.2, -0.15) is 0 Å². The number of carbonyl (C=O) groups is 1. The molecule has 0 atom stereocenters. The number of amidine groups is 1. The number of carbonyl (C=O) groups excluding carboxylic acids is 1. The summed E-state index contributed by atoms with van der Waals surface area (Å²) in [5.41, 5.74) is 9.84. The lowest BCUT2D eigenvalue weighted by atomic mass is 9.93. The number of nitrogens with zero attached hydrogens (tertiary/aromatic N) is 1. The van der Waals surface area contributed by atoms with Gasteiger partial charge < -0.3 is 22.0 Å². The third-order valence-corrected chi connectivity index (χ3v) is 1.92. The van der Waals surface area contributed by atoms with E-state index in [-0.39, 0.29) is 11.7 Å². The fourth-order valence-electron chi connectivity index (χ4n) is 0.754. The van der Waals surface area contributed by atoms with E-state index in [1.807, 2.05) is 0 Å². The van der Waals surface area contributed by atoms with E-state index < -0.39 is 5.41 Å². The first-order valence-electron chi connectivity index (χ1n) is 4.37. The van der Waals surface area contributed by atoms with Crippen LogP contribution in [0.3, 0.4) is 0 Å². The maximum atomic E-state index is 10.9. The number of hydrogen-bond donors (Lipinski definition) is 4. The fourth-order valence-corrected chi connectivity index (χ4v) is 0.754. The molecule has 0 radical (unpaired) electrons. The highest BCUT2D eigenvalue weighted by molar-refractivity contribution is 5.80. The van der Waals surface area contributed by atoms with Gasteiger partial charge in [0.1, 0.15) is 5.84 Å².